The van der Waals surface area contributed by atoms with Gasteiger partial charge in [0.1, 0.15) is 19.2 Å². The van der Waals surface area contributed by atoms with Crippen molar-refractivity contribution in [2.75, 3.05) is 51.3 Å². The Hall–Kier alpha value is -3.77. The maximum atomic E-state index is 11.9. The number of hydrogen-bond donors (Lipinski definition) is 1. The Kier molecular flexibility index (Phi) is 10.2. The third-order valence-electron chi connectivity index (χ3n) is 10.0. The van der Waals surface area contributed by atoms with Crippen molar-refractivity contribution in [3.8, 4) is 12.1 Å². The fourth-order valence-corrected chi connectivity index (χ4v) is 7.80. The van der Waals surface area contributed by atoms with Gasteiger partial charge in [0.25, 0.3) is 0 Å². The number of ether oxygens (including phenoxy) is 2. The smallest absolute Gasteiger partial charge is 0.407 e. The number of carbonyl (C=O) groups is 1. The number of hydrogen-bond acceptors (Lipinski definition) is 10. The Labute approximate surface area is 284 Å². The molecule has 0 radical (unpaired) electrons. The normalized spacial score (nSPS) is 20.4. The zero-order valence-electron chi connectivity index (χ0n) is 29.0. The molecule has 2 unspecified atom stereocenters. The molecule has 5 heterocycles. The van der Waals surface area contributed by atoms with E-state index in [4.69, 9.17) is 24.5 Å². The lowest BCUT2D eigenvalue weighted by molar-refractivity contribution is 0.0817. The lowest BCUT2D eigenvalue weighted by Gasteiger charge is -2.40. The van der Waals surface area contributed by atoms with Crippen LogP contribution in [0, 0.1) is 18.3 Å². The molecular formula is C34H49N9O4Si. The predicted molar refractivity (Wildman–Crippen MR) is 186 cm³/mol. The molecule has 6 rings (SSSR count). The van der Waals surface area contributed by atoms with E-state index in [0.717, 1.165) is 60.0 Å². The van der Waals surface area contributed by atoms with Gasteiger partial charge in [-0.15, -0.1) is 0 Å². The van der Waals surface area contributed by atoms with E-state index in [9.17, 15) is 15.2 Å². The number of anilines is 1. The number of carboxylic acid groups (broad SMARTS) is 1. The third kappa shape index (κ3) is 7.59. The molecule has 258 valence electrons. The predicted octanol–water partition coefficient (Wildman–Crippen LogP) is 4.52. The fraction of sp³-hybridized carbons (Fsp3) is 0.618. The second-order valence-electron chi connectivity index (χ2n) is 14.7. The minimum atomic E-state index is -1.17. The number of rotatable bonds is 12. The number of likely N-dealkylation sites (tertiary alicyclic amines) is 1. The van der Waals surface area contributed by atoms with Crippen molar-refractivity contribution in [3.63, 3.8) is 0 Å². The first kappa shape index (κ1) is 34.1. The average molecular weight is 676 g/mol. The molecule has 13 nitrogen and oxygen atoms in total. The zero-order chi connectivity index (χ0) is 34.0. The van der Waals surface area contributed by atoms with Gasteiger partial charge >= 0.3 is 12.1 Å². The molecule has 0 bridgehead atoms. The molecule has 2 aromatic heterocycles. The van der Waals surface area contributed by atoms with Gasteiger partial charge in [0.2, 0.25) is 0 Å². The molecule has 2 fully saturated rings. The number of aromatic nitrogens is 4. The Morgan fingerprint density at radius 1 is 1.15 bits per heavy atom. The summed E-state index contributed by atoms with van der Waals surface area (Å²) in [5, 5.41) is 25.1. The number of nitriles is 1. The van der Waals surface area contributed by atoms with E-state index in [1.165, 1.54) is 16.0 Å². The molecule has 0 aliphatic carbocycles. The highest BCUT2D eigenvalue weighted by atomic mass is 28.3. The summed E-state index contributed by atoms with van der Waals surface area (Å²) in [5.41, 5.74) is 5.47. The molecular weight excluding hydrogens is 627 g/mol. The molecule has 0 spiro atoms. The van der Waals surface area contributed by atoms with Crippen LogP contribution < -0.4 is 9.64 Å². The maximum Gasteiger partial charge on any atom is 0.407 e. The van der Waals surface area contributed by atoms with Gasteiger partial charge in [-0.05, 0) is 56.6 Å². The summed E-state index contributed by atoms with van der Waals surface area (Å²) >= 11 is 0. The van der Waals surface area contributed by atoms with E-state index in [1.54, 1.807) is 0 Å². The van der Waals surface area contributed by atoms with Crippen LogP contribution in [-0.4, -0.2) is 112 Å². The Bertz CT molecular complexity index is 1670. The maximum absolute atomic E-state index is 11.9. The van der Waals surface area contributed by atoms with Gasteiger partial charge in [0.05, 0.1) is 35.9 Å². The van der Waals surface area contributed by atoms with Crippen molar-refractivity contribution in [2.24, 2.45) is 0 Å². The van der Waals surface area contributed by atoms with E-state index in [-0.39, 0.29) is 6.42 Å². The molecule has 3 aliphatic heterocycles. The third-order valence-corrected chi connectivity index (χ3v) is 11.7. The van der Waals surface area contributed by atoms with Gasteiger partial charge in [0.15, 0.2) is 0 Å². The molecule has 3 aromatic rings. The van der Waals surface area contributed by atoms with Crippen LogP contribution in [-0.2, 0) is 31.1 Å². The van der Waals surface area contributed by atoms with Gasteiger partial charge in [0, 0.05) is 70.9 Å². The van der Waals surface area contributed by atoms with E-state index in [1.807, 2.05) is 10.9 Å². The van der Waals surface area contributed by atoms with Crippen molar-refractivity contribution < 1.29 is 19.4 Å². The largest absolute Gasteiger partial charge is 0.465 e. The summed E-state index contributed by atoms with van der Waals surface area (Å²) in [6.45, 7) is 15.2. The monoisotopic (exact) mass is 675 g/mol. The topological polar surface area (TPSA) is 136 Å². The van der Waals surface area contributed by atoms with Crippen LogP contribution in [0.1, 0.15) is 41.6 Å². The molecule has 1 aromatic carbocycles. The van der Waals surface area contributed by atoms with Gasteiger partial charge in [-0.3, -0.25) is 4.90 Å². The molecule has 1 N–H and O–H groups in total. The van der Waals surface area contributed by atoms with E-state index >= 15 is 0 Å². The van der Waals surface area contributed by atoms with Crippen molar-refractivity contribution >= 4 is 30.9 Å². The second-order valence-corrected chi connectivity index (χ2v) is 20.3. The Morgan fingerprint density at radius 3 is 2.71 bits per heavy atom. The van der Waals surface area contributed by atoms with Gasteiger partial charge in [-0.25, -0.2) is 9.48 Å². The molecule has 1 amide bonds. The number of benzene rings is 1. The van der Waals surface area contributed by atoms with Gasteiger partial charge in [-0.2, -0.15) is 20.3 Å². The standard InChI is InChI=1S/C34H49N9O4Si/c1-24-8-9-31-27(17-36-43(31)23-46-15-16-48(3,4)5)28(24)19-40-20-29-30(21-40)37-33(47-22-26-7-6-12-39(26)2)38-32(29)41-13-14-42(34(44)45)25(18-41)10-11-35/h8-9,17,25-26H,6-7,10,12-16,18-23H2,1-5H3,(H,44,45). The minimum Gasteiger partial charge on any atom is -0.465 e. The quantitative estimate of drug-likeness (QED) is 0.214. The van der Waals surface area contributed by atoms with Crippen LogP contribution in [0.5, 0.6) is 6.01 Å². The highest BCUT2D eigenvalue weighted by molar-refractivity contribution is 6.76. The number of aryl methyl sites for hydroxylation is 1. The first-order chi connectivity index (χ1) is 23.0. The van der Waals surface area contributed by atoms with Gasteiger partial charge in [-0.1, -0.05) is 25.7 Å². The summed E-state index contributed by atoms with van der Waals surface area (Å²) in [4.78, 5) is 30.0. The first-order valence-corrected chi connectivity index (χ1v) is 20.8. The van der Waals surface area contributed by atoms with Crippen LogP contribution in [0.25, 0.3) is 10.9 Å². The number of piperazine rings is 1. The second kappa shape index (κ2) is 14.4. The number of nitrogens with zero attached hydrogens (tertiary/aromatic N) is 9. The number of amides is 1. The zero-order valence-corrected chi connectivity index (χ0v) is 30.0. The van der Waals surface area contributed by atoms with E-state index < -0.39 is 20.2 Å². The minimum absolute atomic E-state index is 0.125. The first-order valence-electron chi connectivity index (χ1n) is 17.1. The van der Waals surface area contributed by atoms with Crippen LogP contribution >= 0.6 is 0 Å². The summed E-state index contributed by atoms with van der Waals surface area (Å²) < 4.78 is 14.2. The molecule has 0 saturated carbocycles. The van der Waals surface area contributed by atoms with Crippen LogP contribution in [0.2, 0.25) is 25.7 Å². The highest BCUT2D eigenvalue weighted by Gasteiger charge is 2.35. The van der Waals surface area contributed by atoms with Crippen LogP contribution in [0.3, 0.4) is 0 Å². The average Bonchev–Trinajstić information content (AvgIpc) is 3.76. The molecule has 14 heteroatoms. The molecule has 2 saturated heterocycles. The lowest BCUT2D eigenvalue weighted by atomic mass is 10.0. The lowest BCUT2D eigenvalue weighted by Crippen LogP contribution is -2.55. The van der Waals surface area contributed by atoms with Crippen molar-refractivity contribution in [3.05, 3.63) is 40.7 Å². The highest BCUT2D eigenvalue weighted by Crippen LogP contribution is 2.35. The van der Waals surface area contributed by atoms with Gasteiger partial charge < -0.3 is 29.3 Å². The summed E-state index contributed by atoms with van der Waals surface area (Å²) in [6.07, 6.45) is 3.32. The Balaban J connectivity index is 1.23. The van der Waals surface area contributed by atoms with Crippen molar-refractivity contribution in [1.82, 2.24) is 34.4 Å². The number of fused-ring (bicyclic) bond motifs is 2. The fourth-order valence-electron chi connectivity index (χ4n) is 7.04. The SMILES string of the molecule is Cc1ccc2c(cnn2COCC[Si](C)(C)C)c1CN1Cc2nc(OCC3CCCN3C)nc(N3CCN(C(=O)O)C(CC#N)C3)c2C1. The number of likely N-dealkylation sites (N-methyl/N-ethyl adjacent to an activating group) is 1. The molecule has 48 heavy (non-hydrogen) atoms. The summed E-state index contributed by atoms with van der Waals surface area (Å²) in [6, 6.07) is 7.84. The van der Waals surface area contributed by atoms with Crippen LogP contribution in [0.15, 0.2) is 18.3 Å². The molecule has 3 aliphatic rings. The Morgan fingerprint density at radius 2 is 1.98 bits per heavy atom. The van der Waals surface area contributed by atoms with E-state index in [0.29, 0.717) is 64.7 Å². The van der Waals surface area contributed by atoms with E-state index in [2.05, 4.69) is 66.5 Å². The summed E-state index contributed by atoms with van der Waals surface area (Å²) in [7, 11) is 0.958. The summed E-state index contributed by atoms with van der Waals surface area (Å²) in [5.74, 6) is 0.781. The van der Waals surface area contributed by atoms with Crippen molar-refractivity contribution in [2.45, 2.75) is 90.3 Å². The van der Waals surface area contributed by atoms with Crippen molar-refractivity contribution in [1.29, 1.82) is 5.26 Å². The van der Waals surface area contributed by atoms with Crippen LogP contribution in [0.4, 0.5) is 10.6 Å². The molecule has 2 atom stereocenters.